The first-order chi connectivity index (χ1) is 17.0. The molecule has 2 amide bonds. The summed E-state index contributed by atoms with van der Waals surface area (Å²) in [6.45, 7) is 0. The molecule has 3 heterocycles. The van der Waals surface area contributed by atoms with Gasteiger partial charge in [0.2, 0.25) is 11.8 Å². The number of amides is 2. The monoisotopic (exact) mass is 508 g/mol. The van der Waals surface area contributed by atoms with Gasteiger partial charge in [-0.15, -0.1) is 11.8 Å². The number of carbonyl (C=O) groups excluding carboxylic acids is 2. The molecule has 3 fully saturated rings. The van der Waals surface area contributed by atoms with E-state index in [0.29, 0.717) is 5.69 Å². The first-order valence-corrected chi connectivity index (χ1v) is 13.3. The molecule has 0 unspecified atom stereocenters. The van der Waals surface area contributed by atoms with Crippen LogP contribution < -0.4 is 14.5 Å². The molecule has 35 heavy (non-hydrogen) atoms. The van der Waals surface area contributed by atoms with Crippen molar-refractivity contribution in [3.63, 3.8) is 0 Å². The zero-order valence-electron chi connectivity index (χ0n) is 18.6. The Labute approximate surface area is 208 Å². The topological polar surface area (TPSA) is 79.5 Å². The van der Waals surface area contributed by atoms with Crippen LogP contribution in [-0.4, -0.2) is 29.2 Å². The number of halogens is 1. The van der Waals surface area contributed by atoms with Gasteiger partial charge in [-0.3, -0.25) is 19.3 Å². The van der Waals surface area contributed by atoms with Gasteiger partial charge < -0.3 is 9.72 Å². The number of aromatic amines is 1. The standard InChI is InChI=1S/C26H21FN2O4S2/c1-33-14-8-2-11(3-9-14)17-18-15-10-16(21(18)34-23-22(17)35-26(32)28-23)20-19(15)24(30)29(25(20)31)13-6-4-12(27)5-7-13/h2-9,15-21H,10H2,1H3,(H,28,32)/t15-,16-,17+,18+,19+,20+,21-/m1/s1. The van der Waals surface area contributed by atoms with E-state index < -0.39 is 5.82 Å². The number of aromatic nitrogens is 1. The van der Waals surface area contributed by atoms with Gasteiger partial charge >= 0.3 is 4.87 Å². The fourth-order valence-electron chi connectivity index (χ4n) is 7.05. The quantitative estimate of drug-likeness (QED) is 0.535. The fraction of sp³-hybridized carbons (Fsp3) is 0.346. The summed E-state index contributed by atoms with van der Waals surface area (Å²) in [5.74, 6) is -0.523. The Bertz CT molecular complexity index is 1420. The molecule has 1 N–H and O–H groups in total. The molecule has 7 rings (SSSR count). The highest BCUT2D eigenvalue weighted by molar-refractivity contribution is 8.00. The van der Waals surface area contributed by atoms with E-state index in [1.165, 1.54) is 40.5 Å². The van der Waals surface area contributed by atoms with E-state index in [2.05, 4.69) is 4.98 Å². The molecule has 178 valence electrons. The van der Waals surface area contributed by atoms with Crippen LogP contribution >= 0.6 is 23.1 Å². The molecule has 7 atom stereocenters. The Morgan fingerprint density at radius 3 is 2.34 bits per heavy atom. The lowest BCUT2D eigenvalue weighted by Gasteiger charge is -2.43. The van der Waals surface area contributed by atoms with Crippen molar-refractivity contribution in [1.29, 1.82) is 0 Å². The largest absolute Gasteiger partial charge is 0.497 e. The summed E-state index contributed by atoms with van der Waals surface area (Å²) in [6.07, 6.45) is 0.832. The van der Waals surface area contributed by atoms with Crippen molar-refractivity contribution >= 4 is 40.6 Å². The number of hydrogen-bond donors (Lipinski definition) is 1. The van der Waals surface area contributed by atoms with Crippen molar-refractivity contribution in [2.75, 3.05) is 12.0 Å². The zero-order valence-corrected chi connectivity index (χ0v) is 20.3. The van der Waals surface area contributed by atoms with Gasteiger partial charge in [0, 0.05) is 16.0 Å². The molecule has 0 radical (unpaired) electrons. The number of imide groups is 1. The van der Waals surface area contributed by atoms with Crippen LogP contribution in [0.25, 0.3) is 0 Å². The van der Waals surface area contributed by atoms with Gasteiger partial charge in [-0.05, 0) is 66.1 Å². The van der Waals surface area contributed by atoms with Crippen LogP contribution in [0.15, 0.2) is 58.4 Å². The highest BCUT2D eigenvalue weighted by atomic mass is 32.2. The molecule has 4 aliphatic rings. The van der Waals surface area contributed by atoms with Gasteiger partial charge in [-0.1, -0.05) is 23.5 Å². The summed E-state index contributed by atoms with van der Waals surface area (Å²) in [7, 11) is 1.63. The molecule has 2 aliphatic carbocycles. The Kier molecular flexibility index (Phi) is 4.61. The van der Waals surface area contributed by atoms with Crippen LogP contribution in [0, 0.1) is 35.4 Å². The van der Waals surface area contributed by atoms with Crippen LogP contribution in [0.4, 0.5) is 10.1 Å². The summed E-state index contributed by atoms with van der Waals surface area (Å²) >= 11 is 2.91. The molecular formula is C26H21FN2O4S2. The summed E-state index contributed by atoms with van der Waals surface area (Å²) < 4.78 is 18.8. The van der Waals surface area contributed by atoms with Crippen molar-refractivity contribution in [3.8, 4) is 5.75 Å². The third-order valence-corrected chi connectivity index (χ3v) is 10.9. The minimum atomic E-state index is -0.405. The number of H-pyrrole nitrogens is 1. The molecular weight excluding hydrogens is 487 g/mol. The number of carbonyl (C=O) groups is 2. The summed E-state index contributed by atoms with van der Waals surface area (Å²) in [6, 6.07) is 13.5. The maximum absolute atomic E-state index is 13.7. The van der Waals surface area contributed by atoms with Crippen LogP contribution in [0.5, 0.6) is 5.75 Å². The number of rotatable bonds is 3. The Morgan fingerprint density at radius 1 is 0.971 bits per heavy atom. The number of nitrogens with one attached hydrogen (secondary N) is 1. The van der Waals surface area contributed by atoms with Crippen molar-refractivity contribution < 1.29 is 18.7 Å². The number of ether oxygens (including phenoxy) is 1. The van der Waals surface area contributed by atoms with Crippen molar-refractivity contribution in [3.05, 3.63) is 74.5 Å². The molecule has 2 bridgehead atoms. The van der Waals surface area contributed by atoms with Crippen LogP contribution in [0.2, 0.25) is 0 Å². The van der Waals surface area contributed by atoms with Gasteiger partial charge in [-0.25, -0.2) is 4.39 Å². The molecule has 1 saturated heterocycles. The number of anilines is 1. The zero-order chi connectivity index (χ0) is 24.0. The third-order valence-electron chi connectivity index (χ3n) is 8.28. The maximum Gasteiger partial charge on any atom is 0.305 e. The van der Waals surface area contributed by atoms with Crippen molar-refractivity contribution in [1.82, 2.24) is 4.98 Å². The molecule has 2 aromatic carbocycles. The Hall–Kier alpha value is -2.91. The second-order valence-electron chi connectivity index (χ2n) is 9.72. The summed E-state index contributed by atoms with van der Waals surface area (Å²) in [5.41, 5.74) is 1.52. The van der Waals surface area contributed by atoms with Crippen LogP contribution in [-0.2, 0) is 9.59 Å². The Morgan fingerprint density at radius 2 is 1.66 bits per heavy atom. The molecule has 3 aromatic rings. The van der Waals surface area contributed by atoms with E-state index in [1.807, 2.05) is 24.3 Å². The predicted molar refractivity (Wildman–Crippen MR) is 130 cm³/mol. The van der Waals surface area contributed by atoms with Gasteiger partial charge in [0.1, 0.15) is 11.6 Å². The lowest BCUT2D eigenvalue weighted by atomic mass is 9.68. The first kappa shape index (κ1) is 21.4. The van der Waals surface area contributed by atoms with Gasteiger partial charge in [0.15, 0.2) is 0 Å². The van der Waals surface area contributed by atoms with Gasteiger partial charge in [-0.2, -0.15) is 0 Å². The average Bonchev–Trinajstić information content (AvgIpc) is 3.59. The minimum Gasteiger partial charge on any atom is -0.497 e. The second kappa shape index (κ2) is 7.54. The number of methoxy groups -OCH3 is 1. The van der Waals surface area contributed by atoms with E-state index in [-0.39, 0.29) is 57.4 Å². The van der Waals surface area contributed by atoms with Crippen molar-refractivity contribution in [2.24, 2.45) is 29.6 Å². The molecule has 2 aliphatic heterocycles. The number of nitrogens with zero attached hydrogens (tertiary/aromatic N) is 1. The number of benzene rings is 2. The van der Waals surface area contributed by atoms with Gasteiger partial charge in [0.05, 0.1) is 29.7 Å². The molecule has 1 aromatic heterocycles. The van der Waals surface area contributed by atoms with Gasteiger partial charge in [0.25, 0.3) is 0 Å². The number of thioether (sulfide) groups is 1. The summed E-state index contributed by atoms with van der Waals surface area (Å²) in [5, 5.41) is 1.02. The highest BCUT2D eigenvalue weighted by Gasteiger charge is 2.69. The minimum absolute atomic E-state index is 0.0233. The van der Waals surface area contributed by atoms with E-state index >= 15 is 0 Å². The predicted octanol–water partition coefficient (Wildman–Crippen LogP) is 4.26. The van der Waals surface area contributed by atoms with E-state index in [0.717, 1.165) is 27.6 Å². The fourth-order valence-corrected chi connectivity index (χ4v) is 9.93. The molecule has 9 heteroatoms. The van der Waals surface area contributed by atoms with E-state index in [4.69, 9.17) is 4.74 Å². The number of fused-ring (bicyclic) bond motifs is 9. The lowest BCUT2D eigenvalue weighted by Crippen LogP contribution is -2.42. The van der Waals surface area contributed by atoms with Crippen LogP contribution in [0.1, 0.15) is 22.8 Å². The highest BCUT2D eigenvalue weighted by Crippen LogP contribution is 2.68. The third kappa shape index (κ3) is 2.91. The SMILES string of the molecule is COc1ccc([C@@H]2c3sc(=O)[nH]c3S[C@@H]3[C@@H]4C[C@@H]([C@@H]5C(=O)N(c6ccc(F)cc6)C(=O)[C@@H]45)[C@@H]23)cc1. The van der Waals surface area contributed by atoms with E-state index in [9.17, 15) is 18.8 Å². The maximum atomic E-state index is 13.7. The Balaban J connectivity index is 1.31. The van der Waals surface area contributed by atoms with Crippen LogP contribution in [0.3, 0.4) is 0 Å². The normalized spacial score (nSPS) is 32.5. The van der Waals surface area contributed by atoms with E-state index in [1.54, 1.807) is 18.9 Å². The molecule has 0 spiro atoms. The average molecular weight is 509 g/mol. The second-order valence-corrected chi connectivity index (χ2v) is 11.9. The number of hydrogen-bond acceptors (Lipinski definition) is 6. The molecule has 2 saturated carbocycles. The van der Waals surface area contributed by atoms with Crippen molar-refractivity contribution in [2.45, 2.75) is 22.6 Å². The lowest BCUT2D eigenvalue weighted by molar-refractivity contribution is -0.123. The first-order valence-electron chi connectivity index (χ1n) is 11.6. The number of thiazole rings is 1. The molecule has 6 nitrogen and oxygen atoms in total. The summed E-state index contributed by atoms with van der Waals surface area (Å²) in [4.78, 5) is 44.8. The smallest absolute Gasteiger partial charge is 0.305 e.